The Bertz CT molecular complexity index is 742. The minimum absolute atomic E-state index is 0.0836. The van der Waals surface area contributed by atoms with Gasteiger partial charge in [0.05, 0.1) is 11.5 Å². The second-order valence-electron chi connectivity index (χ2n) is 9.71. The molecule has 2 amide bonds. The zero-order chi connectivity index (χ0) is 21.7. The van der Waals surface area contributed by atoms with Crippen molar-refractivity contribution in [3.63, 3.8) is 0 Å². The highest BCUT2D eigenvalue weighted by Crippen LogP contribution is 2.31. The van der Waals surface area contributed by atoms with Gasteiger partial charge >= 0.3 is 12.0 Å². The third-order valence-corrected chi connectivity index (χ3v) is 7.37. The van der Waals surface area contributed by atoms with Crippen molar-refractivity contribution in [2.75, 3.05) is 39.3 Å². The lowest BCUT2D eigenvalue weighted by molar-refractivity contribution is -0.155. The lowest BCUT2D eigenvalue weighted by atomic mass is 9.88. The molecule has 4 rings (SSSR count). The van der Waals surface area contributed by atoms with E-state index in [4.69, 9.17) is 4.74 Å². The first-order valence-electron chi connectivity index (χ1n) is 12.0. The van der Waals surface area contributed by atoms with Crippen molar-refractivity contribution in [1.82, 2.24) is 14.7 Å². The van der Waals surface area contributed by atoms with Crippen LogP contribution in [0.1, 0.15) is 57.4 Å². The van der Waals surface area contributed by atoms with Gasteiger partial charge in [0.25, 0.3) is 0 Å². The Balaban J connectivity index is 1.26. The van der Waals surface area contributed by atoms with E-state index in [0.717, 1.165) is 45.4 Å². The number of urea groups is 1. The van der Waals surface area contributed by atoms with E-state index in [0.29, 0.717) is 32.5 Å². The summed E-state index contributed by atoms with van der Waals surface area (Å²) in [5.41, 5.74) is 1.19. The van der Waals surface area contributed by atoms with Crippen molar-refractivity contribution in [2.45, 2.75) is 64.0 Å². The maximum atomic E-state index is 12.8. The molecule has 6 heteroatoms. The number of amides is 2. The van der Waals surface area contributed by atoms with Gasteiger partial charge in [-0.05, 0) is 57.6 Å². The van der Waals surface area contributed by atoms with Crippen molar-refractivity contribution in [3.8, 4) is 0 Å². The maximum Gasteiger partial charge on any atom is 0.319 e. The third-order valence-electron chi connectivity index (χ3n) is 7.37. The Kier molecular flexibility index (Phi) is 7.16. The highest BCUT2D eigenvalue weighted by atomic mass is 16.5. The van der Waals surface area contributed by atoms with Crippen LogP contribution in [-0.4, -0.2) is 71.6 Å². The molecule has 0 aliphatic carbocycles. The van der Waals surface area contributed by atoms with Gasteiger partial charge in [-0.25, -0.2) is 4.79 Å². The molecule has 3 heterocycles. The van der Waals surface area contributed by atoms with Crippen LogP contribution in [0.2, 0.25) is 0 Å². The van der Waals surface area contributed by atoms with Crippen LogP contribution >= 0.6 is 0 Å². The summed E-state index contributed by atoms with van der Waals surface area (Å²) in [6.45, 7) is 7.69. The van der Waals surface area contributed by atoms with Gasteiger partial charge in [0.15, 0.2) is 0 Å². The second kappa shape index (κ2) is 10.0. The van der Waals surface area contributed by atoms with Crippen LogP contribution < -0.4 is 0 Å². The number of piperidine rings is 2. The average molecular weight is 428 g/mol. The normalized spacial score (nSPS) is 25.6. The van der Waals surface area contributed by atoms with Crippen molar-refractivity contribution in [2.24, 2.45) is 5.92 Å². The predicted octanol–water partition coefficient (Wildman–Crippen LogP) is 3.90. The average Bonchev–Trinajstić information content (AvgIpc) is 3.35. The van der Waals surface area contributed by atoms with E-state index < -0.39 is 0 Å². The van der Waals surface area contributed by atoms with Crippen LogP contribution in [0.15, 0.2) is 30.3 Å². The van der Waals surface area contributed by atoms with Gasteiger partial charge in [0.2, 0.25) is 0 Å². The van der Waals surface area contributed by atoms with Crippen LogP contribution in [0.4, 0.5) is 4.79 Å². The zero-order valence-corrected chi connectivity index (χ0v) is 18.9. The molecule has 3 aliphatic heterocycles. The van der Waals surface area contributed by atoms with Gasteiger partial charge in [0, 0.05) is 32.7 Å². The van der Waals surface area contributed by atoms with Crippen LogP contribution in [0, 0.1) is 5.92 Å². The minimum atomic E-state index is -0.115. The highest BCUT2D eigenvalue weighted by Gasteiger charge is 2.37. The van der Waals surface area contributed by atoms with Crippen LogP contribution in [-0.2, 0) is 16.1 Å². The number of esters is 1. The summed E-state index contributed by atoms with van der Waals surface area (Å²) in [6.07, 6.45) is 7.06. The monoisotopic (exact) mass is 427 g/mol. The highest BCUT2D eigenvalue weighted by molar-refractivity contribution is 5.76. The molecule has 3 saturated heterocycles. The van der Waals surface area contributed by atoms with Gasteiger partial charge < -0.3 is 14.5 Å². The first kappa shape index (κ1) is 22.1. The number of likely N-dealkylation sites (tertiary alicyclic amines) is 3. The molecule has 1 atom stereocenters. The summed E-state index contributed by atoms with van der Waals surface area (Å²) in [6, 6.07) is 10.7. The smallest absolute Gasteiger partial charge is 0.319 e. The maximum absolute atomic E-state index is 12.8. The molecule has 1 aromatic rings. The molecule has 0 spiro atoms. The fourth-order valence-electron chi connectivity index (χ4n) is 5.23. The fourth-order valence-corrected chi connectivity index (χ4v) is 5.23. The predicted molar refractivity (Wildman–Crippen MR) is 121 cm³/mol. The second-order valence-corrected chi connectivity index (χ2v) is 9.71. The molecule has 170 valence electrons. The Morgan fingerprint density at radius 2 is 1.58 bits per heavy atom. The van der Waals surface area contributed by atoms with Crippen LogP contribution in [0.3, 0.4) is 0 Å². The summed E-state index contributed by atoms with van der Waals surface area (Å²) >= 11 is 0. The first-order valence-corrected chi connectivity index (χ1v) is 12.0. The van der Waals surface area contributed by atoms with E-state index in [-0.39, 0.29) is 23.5 Å². The Hall–Kier alpha value is -2.08. The molecule has 0 N–H and O–H groups in total. The summed E-state index contributed by atoms with van der Waals surface area (Å²) < 4.78 is 5.89. The van der Waals surface area contributed by atoms with Gasteiger partial charge in [-0.15, -0.1) is 0 Å². The molecule has 6 nitrogen and oxygen atoms in total. The van der Waals surface area contributed by atoms with Gasteiger partial charge in [-0.2, -0.15) is 0 Å². The number of hydrogen-bond donors (Lipinski definition) is 0. The molecule has 0 bridgehead atoms. The lowest BCUT2D eigenvalue weighted by Crippen LogP contribution is -2.53. The van der Waals surface area contributed by atoms with E-state index >= 15 is 0 Å². The van der Waals surface area contributed by atoms with E-state index in [1.807, 2.05) is 15.9 Å². The number of benzene rings is 1. The fraction of sp³-hybridized carbons (Fsp3) is 0.680. The van der Waals surface area contributed by atoms with Crippen molar-refractivity contribution < 1.29 is 14.3 Å². The number of ether oxygens (including phenoxy) is 1. The quantitative estimate of drug-likeness (QED) is 0.669. The number of carbonyl (C=O) groups is 2. The number of rotatable bonds is 5. The molecule has 3 aliphatic rings. The standard InChI is InChI=1S/C25H37N3O3/c1-25(13-5-6-16-28(25)19-21-9-3-2-4-10-21)20-31-23(29)22-11-17-27(18-12-22)24(30)26-14-7-8-15-26/h2-4,9-10,22H,5-8,11-20H2,1H3/t25-/m0/s1. The lowest BCUT2D eigenvalue weighted by Gasteiger charge is -2.44. The minimum Gasteiger partial charge on any atom is -0.464 e. The molecular formula is C25H37N3O3. The molecule has 0 radical (unpaired) electrons. The molecule has 1 aromatic carbocycles. The Morgan fingerprint density at radius 1 is 0.935 bits per heavy atom. The molecule has 0 aromatic heterocycles. The van der Waals surface area contributed by atoms with Crippen LogP contribution in [0.5, 0.6) is 0 Å². The molecular weight excluding hydrogens is 390 g/mol. The van der Waals surface area contributed by atoms with Crippen molar-refractivity contribution in [3.05, 3.63) is 35.9 Å². The molecule has 3 fully saturated rings. The SMILES string of the molecule is C[C@@]1(COC(=O)C2CCN(C(=O)N3CCCC3)CC2)CCCCN1Cc1ccccc1. The number of hydrogen-bond acceptors (Lipinski definition) is 4. The Morgan fingerprint density at radius 3 is 2.29 bits per heavy atom. The van der Waals surface area contributed by atoms with Gasteiger partial charge in [-0.3, -0.25) is 9.69 Å². The van der Waals surface area contributed by atoms with Crippen molar-refractivity contribution >= 4 is 12.0 Å². The van der Waals surface area contributed by atoms with Gasteiger partial charge in [0.1, 0.15) is 6.61 Å². The first-order chi connectivity index (χ1) is 15.0. The summed E-state index contributed by atoms with van der Waals surface area (Å²) in [4.78, 5) is 31.7. The molecule has 31 heavy (non-hydrogen) atoms. The van der Waals surface area contributed by atoms with E-state index in [1.165, 1.54) is 18.4 Å². The van der Waals surface area contributed by atoms with E-state index in [9.17, 15) is 9.59 Å². The zero-order valence-electron chi connectivity index (χ0n) is 18.9. The van der Waals surface area contributed by atoms with Crippen LogP contribution in [0.25, 0.3) is 0 Å². The largest absolute Gasteiger partial charge is 0.464 e. The summed E-state index contributed by atoms with van der Waals surface area (Å²) in [5.74, 6) is -0.169. The van der Waals surface area contributed by atoms with Gasteiger partial charge in [-0.1, -0.05) is 36.8 Å². The third kappa shape index (κ3) is 5.40. The molecule has 0 unspecified atom stereocenters. The Labute approximate surface area is 186 Å². The van der Waals surface area contributed by atoms with Crippen molar-refractivity contribution in [1.29, 1.82) is 0 Å². The number of nitrogens with zero attached hydrogens (tertiary/aromatic N) is 3. The summed E-state index contributed by atoms with van der Waals surface area (Å²) in [5, 5.41) is 0. The number of carbonyl (C=O) groups excluding carboxylic acids is 2. The van der Waals surface area contributed by atoms with E-state index in [2.05, 4.69) is 36.1 Å². The topological polar surface area (TPSA) is 53.1 Å². The summed E-state index contributed by atoms with van der Waals surface area (Å²) in [7, 11) is 0. The molecule has 0 saturated carbocycles. The van der Waals surface area contributed by atoms with E-state index in [1.54, 1.807) is 0 Å².